The van der Waals surface area contributed by atoms with Crippen LogP contribution in [-0.4, -0.2) is 48.1 Å². The fourth-order valence-corrected chi connectivity index (χ4v) is 3.43. The Morgan fingerprint density at radius 3 is 2.59 bits per heavy atom. The molecule has 7 nitrogen and oxygen atoms in total. The standard InChI is InChI=1S/C20H26N4O3/c1-12-5-6-16-13(2)22-20(23-17(16)11-12)24-9-7-15(8-10-24)18(25)21-14(3)19(26)27-4/h5-6,11,14-15H,7-10H2,1-4H3,(H,21,25)/t14-/m1/s1. The first-order valence-corrected chi connectivity index (χ1v) is 9.27. The highest BCUT2D eigenvalue weighted by Crippen LogP contribution is 2.24. The highest BCUT2D eigenvalue weighted by molar-refractivity contribution is 5.85. The van der Waals surface area contributed by atoms with Crippen molar-refractivity contribution in [3.8, 4) is 0 Å². The summed E-state index contributed by atoms with van der Waals surface area (Å²) in [6, 6.07) is 5.57. The molecule has 0 spiro atoms. The number of aryl methyl sites for hydroxylation is 2. The lowest BCUT2D eigenvalue weighted by atomic mass is 9.96. The van der Waals surface area contributed by atoms with E-state index in [0.717, 1.165) is 16.6 Å². The zero-order chi connectivity index (χ0) is 19.6. The minimum absolute atomic E-state index is 0.0983. The quantitative estimate of drug-likeness (QED) is 0.830. The molecule has 1 atom stereocenters. The first kappa shape index (κ1) is 19.1. The Hall–Kier alpha value is -2.70. The summed E-state index contributed by atoms with van der Waals surface area (Å²) in [5.41, 5.74) is 3.08. The van der Waals surface area contributed by atoms with Crippen molar-refractivity contribution < 1.29 is 14.3 Å². The summed E-state index contributed by atoms with van der Waals surface area (Å²) in [7, 11) is 1.32. The van der Waals surface area contributed by atoms with Crippen LogP contribution in [-0.2, 0) is 14.3 Å². The number of nitrogens with zero attached hydrogens (tertiary/aromatic N) is 3. The summed E-state index contributed by atoms with van der Waals surface area (Å²) in [6.45, 7) is 7.10. The van der Waals surface area contributed by atoms with Crippen molar-refractivity contribution in [2.75, 3.05) is 25.1 Å². The number of carbonyl (C=O) groups excluding carboxylic acids is 2. The normalized spacial score (nSPS) is 16.2. The first-order chi connectivity index (χ1) is 12.9. The fraction of sp³-hybridized carbons (Fsp3) is 0.500. The predicted molar refractivity (Wildman–Crippen MR) is 104 cm³/mol. The van der Waals surface area contributed by atoms with Crippen LogP contribution in [0.3, 0.4) is 0 Å². The highest BCUT2D eigenvalue weighted by atomic mass is 16.5. The lowest BCUT2D eigenvalue weighted by molar-refractivity contribution is -0.145. The molecule has 144 valence electrons. The molecule has 2 heterocycles. The second kappa shape index (κ2) is 7.90. The number of carbonyl (C=O) groups is 2. The maximum atomic E-state index is 12.4. The van der Waals surface area contributed by atoms with Gasteiger partial charge in [0.2, 0.25) is 11.9 Å². The molecule has 27 heavy (non-hydrogen) atoms. The molecule has 1 fully saturated rings. The van der Waals surface area contributed by atoms with Crippen molar-refractivity contribution in [3.63, 3.8) is 0 Å². The van der Waals surface area contributed by atoms with Gasteiger partial charge in [0.05, 0.1) is 18.3 Å². The molecule has 1 aromatic heterocycles. The van der Waals surface area contributed by atoms with Crippen LogP contribution in [0.15, 0.2) is 18.2 Å². The zero-order valence-corrected chi connectivity index (χ0v) is 16.3. The molecule has 0 aliphatic carbocycles. The summed E-state index contributed by atoms with van der Waals surface area (Å²) < 4.78 is 4.65. The Kier molecular flexibility index (Phi) is 5.58. The van der Waals surface area contributed by atoms with E-state index in [1.807, 2.05) is 6.92 Å². The number of amides is 1. The molecule has 1 aliphatic heterocycles. The molecule has 1 amide bonds. The van der Waals surface area contributed by atoms with Gasteiger partial charge in [-0.2, -0.15) is 0 Å². The van der Waals surface area contributed by atoms with Crippen LogP contribution in [0, 0.1) is 19.8 Å². The highest BCUT2D eigenvalue weighted by Gasteiger charge is 2.28. The molecule has 1 aromatic carbocycles. The van der Waals surface area contributed by atoms with Crippen molar-refractivity contribution in [3.05, 3.63) is 29.5 Å². The summed E-state index contributed by atoms with van der Waals surface area (Å²) >= 11 is 0. The van der Waals surface area contributed by atoms with Crippen LogP contribution in [0.4, 0.5) is 5.95 Å². The molecule has 7 heteroatoms. The molecule has 1 aliphatic rings. The average Bonchev–Trinajstić information content (AvgIpc) is 2.66. The number of hydrogen-bond donors (Lipinski definition) is 1. The summed E-state index contributed by atoms with van der Waals surface area (Å²) in [6.07, 6.45) is 1.40. The maximum absolute atomic E-state index is 12.4. The Labute approximate surface area is 159 Å². The van der Waals surface area contributed by atoms with Crippen LogP contribution in [0.25, 0.3) is 10.9 Å². The van der Waals surface area contributed by atoms with Crippen molar-refractivity contribution in [2.45, 2.75) is 39.7 Å². The number of fused-ring (bicyclic) bond motifs is 1. The van der Waals surface area contributed by atoms with E-state index in [-0.39, 0.29) is 11.8 Å². The van der Waals surface area contributed by atoms with Crippen molar-refractivity contribution >= 4 is 28.7 Å². The lowest BCUT2D eigenvalue weighted by Gasteiger charge is -2.32. The van der Waals surface area contributed by atoms with Crippen molar-refractivity contribution in [1.29, 1.82) is 0 Å². The van der Waals surface area contributed by atoms with Gasteiger partial charge in [0.15, 0.2) is 0 Å². The zero-order valence-electron chi connectivity index (χ0n) is 16.3. The van der Waals surface area contributed by atoms with E-state index < -0.39 is 12.0 Å². The van der Waals surface area contributed by atoms with Crippen molar-refractivity contribution in [1.82, 2.24) is 15.3 Å². The minimum Gasteiger partial charge on any atom is -0.467 e. The Morgan fingerprint density at radius 1 is 1.22 bits per heavy atom. The molecule has 0 radical (unpaired) electrons. The molecule has 0 bridgehead atoms. The third-order valence-electron chi connectivity index (χ3n) is 5.09. The molecule has 1 N–H and O–H groups in total. The van der Waals surface area contributed by atoms with Gasteiger partial charge in [-0.3, -0.25) is 4.79 Å². The third kappa shape index (κ3) is 4.18. The van der Waals surface area contributed by atoms with E-state index in [1.165, 1.54) is 12.7 Å². The number of esters is 1. The number of nitrogens with one attached hydrogen (secondary N) is 1. The monoisotopic (exact) mass is 370 g/mol. The van der Waals surface area contributed by atoms with E-state index >= 15 is 0 Å². The summed E-state index contributed by atoms with van der Waals surface area (Å²) in [4.78, 5) is 35.4. The lowest BCUT2D eigenvalue weighted by Crippen LogP contribution is -2.46. The number of benzene rings is 1. The topological polar surface area (TPSA) is 84.4 Å². The van der Waals surface area contributed by atoms with Gasteiger partial charge in [-0.15, -0.1) is 0 Å². The van der Waals surface area contributed by atoms with Gasteiger partial charge in [-0.1, -0.05) is 12.1 Å². The third-order valence-corrected chi connectivity index (χ3v) is 5.09. The molecule has 1 saturated heterocycles. The van der Waals surface area contributed by atoms with Crippen LogP contribution in [0.2, 0.25) is 0 Å². The fourth-order valence-electron chi connectivity index (χ4n) is 3.43. The molecule has 2 aromatic rings. The molecule has 3 rings (SSSR count). The predicted octanol–water partition coefficient (Wildman–Crippen LogP) is 2.14. The van der Waals surface area contributed by atoms with E-state index in [1.54, 1.807) is 6.92 Å². The Morgan fingerprint density at radius 2 is 1.93 bits per heavy atom. The van der Waals surface area contributed by atoms with E-state index in [4.69, 9.17) is 4.98 Å². The van der Waals surface area contributed by atoms with Gasteiger partial charge in [0, 0.05) is 24.4 Å². The summed E-state index contributed by atoms with van der Waals surface area (Å²) in [5.74, 6) is 0.0689. The molecule has 0 saturated carbocycles. The van der Waals surface area contributed by atoms with Gasteiger partial charge in [-0.05, 0) is 45.2 Å². The smallest absolute Gasteiger partial charge is 0.328 e. The number of methoxy groups -OCH3 is 1. The van der Waals surface area contributed by atoms with Gasteiger partial charge in [0.1, 0.15) is 6.04 Å². The maximum Gasteiger partial charge on any atom is 0.328 e. The van der Waals surface area contributed by atoms with Gasteiger partial charge < -0.3 is 15.0 Å². The average molecular weight is 370 g/mol. The summed E-state index contributed by atoms with van der Waals surface area (Å²) in [5, 5.41) is 3.80. The number of anilines is 1. The van der Waals surface area contributed by atoms with Gasteiger partial charge in [-0.25, -0.2) is 14.8 Å². The molecular formula is C20H26N4O3. The van der Waals surface area contributed by atoms with Crippen LogP contribution in [0.5, 0.6) is 0 Å². The number of ether oxygens (including phenoxy) is 1. The molecule has 0 unspecified atom stereocenters. The van der Waals surface area contributed by atoms with Crippen molar-refractivity contribution in [2.24, 2.45) is 5.92 Å². The number of rotatable bonds is 4. The van der Waals surface area contributed by atoms with E-state index in [2.05, 4.69) is 45.1 Å². The minimum atomic E-state index is -0.629. The van der Waals surface area contributed by atoms with Crippen LogP contribution in [0.1, 0.15) is 31.0 Å². The second-order valence-corrected chi connectivity index (χ2v) is 7.14. The van der Waals surface area contributed by atoms with Crippen LogP contribution >= 0.6 is 0 Å². The largest absolute Gasteiger partial charge is 0.467 e. The molecular weight excluding hydrogens is 344 g/mol. The van der Waals surface area contributed by atoms with Crippen LogP contribution < -0.4 is 10.2 Å². The van der Waals surface area contributed by atoms with Gasteiger partial charge >= 0.3 is 5.97 Å². The van der Waals surface area contributed by atoms with E-state index in [0.29, 0.717) is 31.9 Å². The number of hydrogen-bond acceptors (Lipinski definition) is 6. The SMILES string of the molecule is COC(=O)[C@@H](C)NC(=O)C1CCN(c2nc(C)c3ccc(C)cc3n2)CC1. The first-order valence-electron chi connectivity index (χ1n) is 9.27. The second-order valence-electron chi connectivity index (χ2n) is 7.14. The Balaban J connectivity index is 1.66. The number of piperidine rings is 1. The van der Waals surface area contributed by atoms with Gasteiger partial charge in [0.25, 0.3) is 0 Å². The Bertz CT molecular complexity index is 860. The van der Waals surface area contributed by atoms with E-state index in [9.17, 15) is 9.59 Å². The number of aromatic nitrogens is 2.